The number of hydrogen-bond acceptors (Lipinski definition) is 4. The molecular formula is C10H15ClN2OS2. The smallest absolute Gasteiger partial charge is 0.183 e. The van der Waals surface area contributed by atoms with E-state index in [0.717, 1.165) is 23.6 Å². The summed E-state index contributed by atoms with van der Waals surface area (Å²) in [7, 11) is -0.806. The van der Waals surface area contributed by atoms with Crippen LogP contribution < -0.4 is 5.32 Å². The van der Waals surface area contributed by atoms with Gasteiger partial charge in [-0.15, -0.1) is 11.3 Å². The first-order valence-corrected chi connectivity index (χ1v) is 8.11. The van der Waals surface area contributed by atoms with Crippen molar-refractivity contribution in [2.75, 3.05) is 12.3 Å². The summed E-state index contributed by atoms with van der Waals surface area (Å²) in [6.07, 6.45) is 5.36. The van der Waals surface area contributed by atoms with Crippen LogP contribution in [0.4, 0.5) is 0 Å². The predicted octanol–water partition coefficient (Wildman–Crippen LogP) is 2.19. The van der Waals surface area contributed by atoms with E-state index < -0.39 is 10.8 Å². The number of aromatic nitrogens is 1. The quantitative estimate of drug-likeness (QED) is 0.918. The highest BCUT2D eigenvalue weighted by Gasteiger charge is 2.16. The largest absolute Gasteiger partial charge is 0.313 e. The molecule has 2 rings (SSSR count). The fraction of sp³-hybridized carbons (Fsp3) is 0.700. The van der Waals surface area contributed by atoms with E-state index in [1.165, 1.54) is 24.2 Å². The van der Waals surface area contributed by atoms with Crippen LogP contribution in [0.25, 0.3) is 0 Å². The van der Waals surface area contributed by atoms with Gasteiger partial charge < -0.3 is 5.32 Å². The minimum absolute atomic E-state index is 0.429. The Kier molecular flexibility index (Phi) is 4.76. The van der Waals surface area contributed by atoms with Crippen molar-refractivity contribution >= 4 is 33.7 Å². The maximum absolute atomic E-state index is 11.9. The summed E-state index contributed by atoms with van der Waals surface area (Å²) in [6, 6.07) is 0.429. The van der Waals surface area contributed by atoms with E-state index in [1.807, 2.05) is 0 Å². The van der Waals surface area contributed by atoms with Crippen molar-refractivity contribution < 1.29 is 4.21 Å². The zero-order valence-corrected chi connectivity index (χ0v) is 11.3. The Morgan fingerprint density at radius 3 is 3.12 bits per heavy atom. The maximum Gasteiger partial charge on any atom is 0.183 e. The van der Waals surface area contributed by atoms with Crippen LogP contribution in [-0.4, -0.2) is 27.5 Å². The molecule has 0 aromatic carbocycles. The fourth-order valence-corrected chi connectivity index (χ4v) is 4.50. The van der Waals surface area contributed by atoms with Crippen molar-refractivity contribution in [3.8, 4) is 0 Å². The number of thiazole rings is 1. The van der Waals surface area contributed by atoms with Gasteiger partial charge in [-0.2, -0.15) is 0 Å². The third-order valence-electron chi connectivity index (χ3n) is 2.63. The first-order valence-electron chi connectivity index (χ1n) is 5.42. The van der Waals surface area contributed by atoms with E-state index in [-0.39, 0.29) is 0 Å². The van der Waals surface area contributed by atoms with Crippen molar-refractivity contribution in [3.05, 3.63) is 15.5 Å². The van der Waals surface area contributed by atoms with Crippen LogP contribution in [0.1, 0.15) is 24.1 Å². The Labute approximate surface area is 107 Å². The molecule has 0 spiro atoms. The SMILES string of the molecule is O=[S@@](Cc1cnc(Cl)s1)C[C@H]1CCCCN1. The summed E-state index contributed by atoms with van der Waals surface area (Å²) in [5.41, 5.74) is 0. The van der Waals surface area contributed by atoms with Crippen LogP contribution in [-0.2, 0) is 16.6 Å². The molecule has 1 aromatic rings. The summed E-state index contributed by atoms with van der Waals surface area (Å²) in [5.74, 6) is 1.33. The Morgan fingerprint density at radius 2 is 2.50 bits per heavy atom. The first kappa shape index (κ1) is 12.5. The molecule has 2 atom stereocenters. The normalized spacial score (nSPS) is 23.2. The van der Waals surface area contributed by atoms with Gasteiger partial charge in [0.05, 0.1) is 5.75 Å². The number of halogens is 1. The van der Waals surface area contributed by atoms with Gasteiger partial charge in [0.1, 0.15) is 0 Å². The molecule has 1 fully saturated rings. The first-order chi connectivity index (χ1) is 7.74. The summed E-state index contributed by atoms with van der Waals surface area (Å²) in [5, 5.41) is 3.41. The summed E-state index contributed by atoms with van der Waals surface area (Å²) >= 11 is 7.15. The van der Waals surface area contributed by atoms with Crippen LogP contribution in [0.5, 0.6) is 0 Å². The van der Waals surface area contributed by atoms with Gasteiger partial charge in [-0.3, -0.25) is 4.21 Å². The van der Waals surface area contributed by atoms with Crippen LogP contribution in [0, 0.1) is 0 Å². The molecule has 0 aliphatic carbocycles. The molecule has 1 aromatic heterocycles. The lowest BCUT2D eigenvalue weighted by atomic mass is 10.1. The molecule has 0 amide bonds. The average molecular weight is 279 g/mol. The summed E-state index contributed by atoms with van der Waals surface area (Å²) in [4.78, 5) is 4.96. The van der Waals surface area contributed by atoms with Gasteiger partial charge in [-0.1, -0.05) is 18.0 Å². The second-order valence-corrected chi connectivity index (χ2v) is 7.18. The molecule has 1 aliphatic heterocycles. The van der Waals surface area contributed by atoms with Crippen molar-refractivity contribution in [2.45, 2.75) is 31.1 Å². The standard InChI is InChI=1S/C10H15ClN2OS2/c11-10-13-5-9(15-10)7-16(14)6-8-3-1-2-4-12-8/h5,8,12H,1-4,6-7H2/t8-,16-/m1/s1. The van der Waals surface area contributed by atoms with Gasteiger partial charge in [-0.25, -0.2) is 4.98 Å². The molecule has 0 bridgehead atoms. The molecular weight excluding hydrogens is 264 g/mol. The van der Waals surface area contributed by atoms with Crippen molar-refractivity contribution in [1.82, 2.24) is 10.3 Å². The van der Waals surface area contributed by atoms with Gasteiger partial charge in [0.2, 0.25) is 0 Å². The second kappa shape index (κ2) is 6.10. The highest BCUT2D eigenvalue weighted by atomic mass is 35.5. The lowest BCUT2D eigenvalue weighted by Crippen LogP contribution is -2.38. The van der Waals surface area contributed by atoms with Crippen molar-refractivity contribution in [1.29, 1.82) is 0 Å². The number of piperidine rings is 1. The van der Waals surface area contributed by atoms with Crippen LogP contribution >= 0.6 is 22.9 Å². The third-order valence-corrected chi connectivity index (χ3v) is 5.33. The molecule has 2 heterocycles. The predicted molar refractivity (Wildman–Crippen MR) is 69.5 cm³/mol. The average Bonchev–Trinajstić information content (AvgIpc) is 2.65. The van der Waals surface area contributed by atoms with Crippen LogP contribution in [0.2, 0.25) is 4.47 Å². The molecule has 1 aliphatic rings. The third kappa shape index (κ3) is 3.80. The number of nitrogens with one attached hydrogen (secondary N) is 1. The molecule has 16 heavy (non-hydrogen) atoms. The maximum atomic E-state index is 11.9. The van der Waals surface area contributed by atoms with Crippen LogP contribution in [0.3, 0.4) is 0 Å². The van der Waals surface area contributed by atoms with Crippen molar-refractivity contribution in [3.63, 3.8) is 0 Å². The number of nitrogens with zero attached hydrogens (tertiary/aromatic N) is 1. The highest BCUT2D eigenvalue weighted by molar-refractivity contribution is 7.84. The molecule has 0 radical (unpaired) electrons. The molecule has 1 N–H and O–H groups in total. The number of rotatable bonds is 4. The highest BCUT2D eigenvalue weighted by Crippen LogP contribution is 2.19. The summed E-state index contributed by atoms with van der Waals surface area (Å²) < 4.78 is 12.4. The van der Waals surface area contributed by atoms with Gasteiger partial charge in [0, 0.05) is 33.7 Å². The van der Waals surface area contributed by atoms with E-state index in [4.69, 9.17) is 11.6 Å². The van der Waals surface area contributed by atoms with Gasteiger partial charge in [0.15, 0.2) is 4.47 Å². The van der Waals surface area contributed by atoms with E-state index in [0.29, 0.717) is 16.3 Å². The Balaban J connectivity index is 1.79. The van der Waals surface area contributed by atoms with E-state index in [9.17, 15) is 4.21 Å². The minimum atomic E-state index is -0.806. The Bertz CT molecular complexity index is 363. The van der Waals surface area contributed by atoms with E-state index in [1.54, 1.807) is 6.20 Å². The zero-order valence-electron chi connectivity index (χ0n) is 8.95. The Morgan fingerprint density at radius 1 is 1.62 bits per heavy atom. The van der Waals surface area contributed by atoms with Crippen LogP contribution in [0.15, 0.2) is 6.20 Å². The minimum Gasteiger partial charge on any atom is -0.313 e. The lowest BCUT2D eigenvalue weighted by molar-refractivity contribution is 0.427. The molecule has 0 unspecified atom stereocenters. The fourth-order valence-electron chi connectivity index (χ4n) is 1.86. The van der Waals surface area contributed by atoms with Gasteiger partial charge >= 0.3 is 0 Å². The molecule has 1 saturated heterocycles. The van der Waals surface area contributed by atoms with Crippen molar-refractivity contribution in [2.24, 2.45) is 0 Å². The second-order valence-electron chi connectivity index (χ2n) is 3.98. The van der Waals surface area contributed by atoms with Gasteiger partial charge in [-0.05, 0) is 19.4 Å². The van der Waals surface area contributed by atoms with Gasteiger partial charge in [0.25, 0.3) is 0 Å². The monoisotopic (exact) mass is 278 g/mol. The summed E-state index contributed by atoms with van der Waals surface area (Å²) in [6.45, 7) is 1.06. The zero-order chi connectivity index (χ0) is 11.4. The van der Waals surface area contributed by atoms with E-state index >= 15 is 0 Å². The number of hydrogen-bond donors (Lipinski definition) is 1. The van der Waals surface area contributed by atoms with E-state index in [2.05, 4.69) is 10.3 Å². The molecule has 90 valence electrons. The lowest BCUT2D eigenvalue weighted by Gasteiger charge is -2.22. The molecule has 6 heteroatoms. The molecule has 0 saturated carbocycles. The molecule has 3 nitrogen and oxygen atoms in total. The Hall–Kier alpha value is 0.0300. The topological polar surface area (TPSA) is 42.0 Å².